The van der Waals surface area contributed by atoms with Crippen LogP contribution in [-0.4, -0.2) is 25.4 Å². The maximum atomic E-state index is 12.2. The van der Waals surface area contributed by atoms with Gasteiger partial charge in [0.1, 0.15) is 11.5 Å². The van der Waals surface area contributed by atoms with Crippen molar-refractivity contribution in [2.75, 3.05) is 19.0 Å². The summed E-state index contributed by atoms with van der Waals surface area (Å²) in [5.41, 5.74) is 3.05. The Morgan fingerprint density at radius 3 is 2.50 bits per heavy atom. The molecule has 1 N–H and O–H groups in total. The first-order chi connectivity index (χ1) is 11.4. The van der Waals surface area contributed by atoms with E-state index in [1.54, 1.807) is 18.2 Å². The molecule has 0 heterocycles. The van der Waals surface area contributed by atoms with Crippen molar-refractivity contribution in [1.29, 1.82) is 0 Å². The minimum absolute atomic E-state index is 0.0835. The largest absolute Gasteiger partial charge is 0.495 e. The number of Topliss-reactive ketones (excluding diaryl/α,β-unsaturated/α-hetero) is 1. The molecule has 5 heteroatoms. The van der Waals surface area contributed by atoms with Crippen molar-refractivity contribution in [3.05, 3.63) is 53.1 Å². The van der Waals surface area contributed by atoms with Gasteiger partial charge in [-0.2, -0.15) is 0 Å². The average molecular weight is 327 g/mol. The van der Waals surface area contributed by atoms with Gasteiger partial charge in [0, 0.05) is 5.56 Å². The first kappa shape index (κ1) is 17.5. The van der Waals surface area contributed by atoms with Gasteiger partial charge >= 0.3 is 0 Å². The molecule has 0 bridgehead atoms. The van der Waals surface area contributed by atoms with Gasteiger partial charge < -0.3 is 14.8 Å². The maximum Gasteiger partial charge on any atom is 0.262 e. The van der Waals surface area contributed by atoms with E-state index < -0.39 is 0 Å². The normalized spacial score (nSPS) is 10.2. The van der Waals surface area contributed by atoms with Gasteiger partial charge in [-0.1, -0.05) is 12.1 Å². The predicted octanol–water partition coefficient (Wildman–Crippen LogP) is 3.53. The van der Waals surface area contributed by atoms with Gasteiger partial charge in [-0.15, -0.1) is 0 Å². The molecule has 0 aliphatic rings. The van der Waals surface area contributed by atoms with Crippen LogP contribution in [0.4, 0.5) is 5.69 Å². The van der Waals surface area contributed by atoms with Crippen molar-refractivity contribution in [2.24, 2.45) is 0 Å². The average Bonchev–Trinajstić information content (AvgIpc) is 2.56. The Labute approximate surface area is 141 Å². The SMILES string of the molecule is COc1ccc(C(C)=O)cc1NC(=O)COc1cccc(C)c1C. The number of hydrogen-bond acceptors (Lipinski definition) is 4. The second kappa shape index (κ2) is 7.64. The van der Waals surface area contributed by atoms with Crippen LogP contribution in [0, 0.1) is 13.8 Å². The van der Waals surface area contributed by atoms with E-state index in [2.05, 4.69) is 5.32 Å². The van der Waals surface area contributed by atoms with Gasteiger partial charge in [-0.05, 0) is 56.2 Å². The predicted molar refractivity (Wildman–Crippen MR) is 93.0 cm³/mol. The lowest BCUT2D eigenvalue weighted by Gasteiger charge is -2.13. The Bertz CT molecular complexity index is 768. The summed E-state index contributed by atoms with van der Waals surface area (Å²) in [4.78, 5) is 23.6. The van der Waals surface area contributed by atoms with Crippen molar-refractivity contribution >= 4 is 17.4 Å². The molecule has 0 aromatic heterocycles. The van der Waals surface area contributed by atoms with Crippen LogP contribution in [0.3, 0.4) is 0 Å². The summed E-state index contributed by atoms with van der Waals surface area (Å²) < 4.78 is 10.8. The fourth-order valence-electron chi connectivity index (χ4n) is 2.23. The van der Waals surface area contributed by atoms with Gasteiger partial charge in [-0.3, -0.25) is 9.59 Å². The Hall–Kier alpha value is -2.82. The number of rotatable bonds is 6. The highest BCUT2D eigenvalue weighted by molar-refractivity contribution is 5.98. The number of amides is 1. The van der Waals surface area contributed by atoms with Crippen molar-refractivity contribution in [3.8, 4) is 11.5 Å². The van der Waals surface area contributed by atoms with Crippen LogP contribution in [0.1, 0.15) is 28.4 Å². The Morgan fingerprint density at radius 1 is 1.08 bits per heavy atom. The molecule has 2 aromatic carbocycles. The summed E-state index contributed by atoms with van der Waals surface area (Å²) in [5, 5.41) is 2.72. The molecule has 0 unspecified atom stereocenters. The van der Waals surface area contributed by atoms with Gasteiger partial charge in [0.25, 0.3) is 5.91 Å². The lowest BCUT2D eigenvalue weighted by Crippen LogP contribution is -2.21. The van der Waals surface area contributed by atoms with Gasteiger partial charge in [-0.25, -0.2) is 0 Å². The van der Waals surface area contributed by atoms with E-state index in [9.17, 15) is 9.59 Å². The first-order valence-electron chi connectivity index (χ1n) is 7.60. The van der Waals surface area contributed by atoms with Crippen molar-refractivity contribution < 1.29 is 19.1 Å². The Kier molecular flexibility index (Phi) is 5.58. The van der Waals surface area contributed by atoms with Crippen LogP contribution in [0.25, 0.3) is 0 Å². The summed E-state index contributed by atoms with van der Waals surface area (Å²) in [6.07, 6.45) is 0. The minimum atomic E-state index is -0.324. The molecular weight excluding hydrogens is 306 g/mol. The molecule has 0 spiro atoms. The Balaban J connectivity index is 2.08. The molecule has 0 aliphatic carbocycles. The fourth-order valence-corrected chi connectivity index (χ4v) is 2.23. The standard InChI is InChI=1S/C19H21NO4/c1-12-6-5-7-17(13(12)2)24-11-19(22)20-16-10-15(14(3)21)8-9-18(16)23-4/h5-10H,11H2,1-4H3,(H,20,22). The van der Waals surface area contributed by atoms with E-state index in [4.69, 9.17) is 9.47 Å². The molecule has 0 saturated carbocycles. The summed E-state index contributed by atoms with van der Waals surface area (Å²) in [6, 6.07) is 10.6. The molecule has 2 aromatic rings. The molecule has 0 radical (unpaired) electrons. The number of methoxy groups -OCH3 is 1. The first-order valence-corrected chi connectivity index (χ1v) is 7.60. The van der Waals surface area contributed by atoms with Gasteiger partial charge in [0.05, 0.1) is 12.8 Å². The minimum Gasteiger partial charge on any atom is -0.495 e. The van der Waals surface area contributed by atoms with E-state index in [0.717, 1.165) is 11.1 Å². The summed E-state index contributed by atoms with van der Waals surface area (Å²) in [7, 11) is 1.50. The van der Waals surface area contributed by atoms with Crippen LogP contribution in [0.15, 0.2) is 36.4 Å². The summed E-state index contributed by atoms with van der Waals surface area (Å²) in [6.45, 7) is 5.27. The van der Waals surface area contributed by atoms with Gasteiger partial charge in [0.15, 0.2) is 12.4 Å². The van der Waals surface area contributed by atoms with Crippen LogP contribution in [0.2, 0.25) is 0 Å². The summed E-state index contributed by atoms with van der Waals surface area (Å²) in [5.74, 6) is 0.754. The maximum absolute atomic E-state index is 12.2. The molecule has 0 fully saturated rings. The van der Waals surface area contributed by atoms with E-state index in [-0.39, 0.29) is 18.3 Å². The second-order valence-corrected chi connectivity index (χ2v) is 5.51. The highest BCUT2D eigenvalue weighted by atomic mass is 16.5. The molecule has 0 aliphatic heterocycles. The third-order valence-electron chi connectivity index (χ3n) is 3.79. The number of carbonyl (C=O) groups is 2. The van der Waals surface area contributed by atoms with E-state index >= 15 is 0 Å². The lowest BCUT2D eigenvalue weighted by molar-refractivity contribution is -0.118. The third-order valence-corrected chi connectivity index (χ3v) is 3.79. The molecule has 5 nitrogen and oxygen atoms in total. The fraction of sp³-hybridized carbons (Fsp3) is 0.263. The molecule has 2 rings (SSSR count). The van der Waals surface area contributed by atoms with E-state index in [0.29, 0.717) is 22.7 Å². The lowest BCUT2D eigenvalue weighted by atomic mass is 10.1. The second-order valence-electron chi connectivity index (χ2n) is 5.51. The van der Waals surface area contributed by atoms with Gasteiger partial charge in [0.2, 0.25) is 0 Å². The zero-order valence-electron chi connectivity index (χ0n) is 14.3. The number of anilines is 1. The molecular formula is C19H21NO4. The quantitative estimate of drug-likeness (QED) is 0.824. The number of nitrogens with one attached hydrogen (secondary N) is 1. The van der Waals surface area contributed by atoms with Crippen LogP contribution < -0.4 is 14.8 Å². The number of aryl methyl sites for hydroxylation is 1. The highest BCUT2D eigenvalue weighted by Crippen LogP contribution is 2.26. The van der Waals surface area contributed by atoms with Crippen LogP contribution in [-0.2, 0) is 4.79 Å². The Morgan fingerprint density at radius 2 is 1.83 bits per heavy atom. The summed E-state index contributed by atoms with van der Waals surface area (Å²) >= 11 is 0. The van der Waals surface area contributed by atoms with Crippen LogP contribution in [0.5, 0.6) is 11.5 Å². The van der Waals surface area contributed by atoms with Crippen molar-refractivity contribution in [2.45, 2.75) is 20.8 Å². The monoisotopic (exact) mass is 327 g/mol. The number of ketones is 1. The molecule has 1 amide bonds. The molecule has 0 saturated heterocycles. The zero-order valence-corrected chi connectivity index (χ0v) is 14.3. The van der Waals surface area contributed by atoms with E-state index in [1.807, 2.05) is 32.0 Å². The number of carbonyl (C=O) groups excluding carboxylic acids is 2. The topological polar surface area (TPSA) is 64.6 Å². The zero-order chi connectivity index (χ0) is 17.7. The van der Waals surface area contributed by atoms with Crippen molar-refractivity contribution in [1.82, 2.24) is 0 Å². The molecule has 0 atom stereocenters. The third kappa shape index (κ3) is 4.13. The molecule has 24 heavy (non-hydrogen) atoms. The highest BCUT2D eigenvalue weighted by Gasteiger charge is 2.12. The molecule has 126 valence electrons. The van der Waals surface area contributed by atoms with E-state index in [1.165, 1.54) is 14.0 Å². The van der Waals surface area contributed by atoms with Crippen LogP contribution >= 0.6 is 0 Å². The number of hydrogen-bond donors (Lipinski definition) is 1. The van der Waals surface area contributed by atoms with Crippen molar-refractivity contribution in [3.63, 3.8) is 0 Å². The smallest absolute Gasteiger partial charge is 0.262 e. The number of benzene rings is 2. The number of ether oxygens (including phenoxy) is 2.